The lowest BCUT2D eigenvalue weighted by Crippen LogP contribution is -2.50. The average Bonchev–Trinajstić information content (AvgIpc) is 2.94. The first kappa shape index (κ1) is 16.1. The smallest absolute Gasteiger partial charge is 0.327 e. The van der Waals surface area contributed by atoms with E-state index in [4.69, 9.17) is 5.73 Å². The van der Waals surface area contributed by atoms with Crippen molar-refractivity contribution in [3.63, 3.8) is 0 Å². The summed E-state index contributed by atoms with van der Waals surface area (Å²) in [5.74, 6) is -0.615. The molecule has 0 fully saturated rings. The molecule has 0 saturated heterocycles. The normalized spacial score (nSPS) is 13.6. The van der Waals surface area contributed by atoms with Gasteiger partial charge in [-0.05, 0) is 13.2 Å². The fraction of sp³-hybridized carbons (Fsp3) is 0.364. The molecule has 0 radical (unpaired) electrons. The van der Waals surface area contributed by atoms with Gasteiger partial charge in [0.2, 0.25) is 5.91 Å². The van der Waals surface area contributed by atoms with Crippen molar-refractivity contribution < 1.29 is 14.7 Å². The van der Waals surface area contributed by atoms with Crippen LogP contribution >= 0.6 is 11.8 Å². The van der Waals surface area contributed by atoms with Crippen molar-refractivity contribution in [2.75, 3.05) is 11.6 Å². The predicted octanol–water partition coefficient (Wildman–Crippen LogP) is -0.569. The number of rotatable bonds is 4. The summed E-state index contributed by atoms with van der Waals surface area (Å²) in [7, 11) is 0. The molecule has 11 heteroatoms. The van der Waals surface area contributed by atoms with E-state index in [1.165, 1.54) is 25.0 Å². The van der Waals surface area contributed by atoms with Gasteiger partial charge in [-0.15, -0.1) is 0 Å². The SMILES string of the molecule is CSc1nc(NC(=O)NC(=O)C(N)[C@@H](C)O)c2[nH]cnc2n1. The summed E-state index contributed by atoms with van der Waals surface area (Å²) in [6.45, 7) is 1.35. The van der Waals surface area contributed by atoms with Gasteiger partial charge < -0.3 is 15.8 Å². The zero-order chi connectivity index (χ0) is 16.3. The highest BCUT2D eigenvalue weighted by atomic mass is 32.2. The molecule has 0 bridgehead atoms. The van der Waals surface area contributed by atoms with E-state index in [-0.39, 0.29) is 5.82 Å². The van der Waals surface area contributed by atoms with Crippen LogP contribution in [-0.2, 0) is 4.79 Å². The zero-order valence-corrected chi connectivity index (χ0v) is 12.6. The molecule has 2 atom stereocenters. The number of imidazole rings is 1. The summed E-state index contributed by atoms with van der Waals surface area (Å²) in [6, 6.07) is -2.02. The Bertz CT molecular complexity index is 702. The van der Waals surface area contributed by atoms with Crippen LogP contribution in [0.5, 0.6) is 0 Å². The third kappa shape index (κ3) is 3.50. The van der Waals surface area contributed by atoms with E-state index in [9.17, 15) is 14.7 Å². The van der Waals surface area contributed by atoms with E-state index < -0.39 is 24.1 Å². The van der Waals surface area contributed by atoms with Crippen LogP contribution in [0.15, 0.2) is 11.5 Å². The number of nitrogens with two attached hydrogens (primary N) is 1. The van der Waals surface area contributed by atoms with E-state index in [1.54, 1.807) is 6.26 Å². The molecule has 118 valence electrons. The number of nitrogens with one attached hydrogen (secondary N) is 3. The molecule has 0 aliphatic rings. The fourth-order valence-electron chi connectivity index (χ4n) is 1.55. The lowest BCUT2D eigenvalue weighted by atomic mass is 10.2. The predicted molar refractivity (Wildman–Crippen MR) is 80.3 cm³/mol. The summed E-state index contributed by atoms with van der Waals surface area (Å²) in [5.41, 5.74) is 6.26. The number of aliphatic hydroxyl groups is 1. The monoisotopic (exact) mass is 325 g/mol. The van der Waals surface area contributed by atoms with Crippen LogP contribution in [-0.4, -0.2) is 55.4 Å². The van der Waals surface area contributed by atoms with Crippen LogP contribution < -0.4 is 16.4 Å². The highest BCUT2D eigenvalue weighted by Gasteiger charge is 2.21. The van der Waals surface area contributed by atoms with Crippen molar-refractivity contribution in [3.05, 3.63) is 6.33 Å². The van der Waals surface area contributed by atoms with Crippen LogP contribution in [0.4, 0.5) is 10.6 Å². The molecule has 0 saturated carbocycles. The summed E-state index contributed by atoms with van der Waals surface area (Å²) >= 11 is 1.28. The van der Waals surface area contributed by atoms with E-state index >= 15 is 0 Å². The number of carbonyl (C=O) groups excluding carboxylic acids is 2. The topological polar surface area (TPSA) is 159 Å². The minimum Gasteiger partial charge on any atom is -0.391 e. The number of anilines is 1. The number of hydrogen-bond donors (Lipinski definition) is 5. The Morgan fingerprint density at radius 2 is 2.18 bits per heavy atom. The summed E-state index contributed by atoms with van der Waals surface area (Å²) in [6.07, 6.45) is 2.12. The first-order chi connectivity index (χ1) is 10.4. The summed E-state index contributed by atoms with van der Waals surface area (Å²) in [5, 5.41) is 14.1. The molecule has 6 N–H and O–H groups in total. The molecule has 1 unspecified atom stereocenters. The minimum atomic E-state index is -1.20. The van der Waals surface area contributed by atoms with Crippen LogP contribution in [0.2, 0.25) is 0 Å². The number of imide groups is 1. The molecule has 10 nitrogen and oxygen atoms in total. The molecular weight excluding hydrogens is 310 g/mol. The van der Waals surface area contributed by atoms with Gasteiger partial charge >= 0.3 is 6.03 Å². The van der Waals surface area contributed by atoms with Gasteiger partial charge in [0.25, 0.3) is 0 Å². The second-order valence-electron chi connectivity index (χ2n) is 4.37. The number of thioether (sulfide) groups is 1. The van der Waals surface area contributed by atoms with E-state index in [2.05, 4.69) is 25.3 Å². The molecule has 0 spiro atoms. The Balaban J connectivity index is 2.15. The Labute approximate surface area is 129 Å². The Hall–Kier alpha value is -2.24. The molecule has 22 heavy (non-hydrogen) atoms. The van der Waals surface area contributed by atoms with Crippen LogP contribution in [0.25, 0.3) is 11.2 Å². The molecular formula is C11H15N7O3S. The molecule has 0 aliphatic heterocycles. The van der Waals surface area contributed by atoms with Gasteiger partial charge in [-0.3, -0.25) is 15.4 Å². The number of amides is 3. The zero-order valence-electron chi connectivity index (χ0n) is 11.8. The molecule has 3 amide bonds. The van der Waals surface area contributed by atoms with Crippen LogP contribution in [0.1, 0.15) is 6.92 Å². The van der Waals surface area contributed by atoms with Crippen molar-refractivity contribution in [2.45, 2.75) is 24.2 Å². The van der Waals surface area contributed by atoms with Crippen molar-refractivity contribution in [1.82, 2.24) is 25.3 Å². The van der Waals surface area contributed by atoms with E-state index in [0.717, 1.165) is 0 Å². The number of hydrogen-bond acceptors (Lipinski definition) is 8. The van der Waals surface area contributed by atoms with Gasteiger partial charge in [0.15, 0.2) is 16.6 Å². The first-order valence-electron chi connectivity index (χ1n) is 6.23. The number of fused-ring (bicyclic) bond motifs is 1. The quantitative estimate of drug-likeness (QED) is 0.369. The molecule has 2 aromatic heterocycles. The molecule has 0 aromatic carbocycles. The Morgan fingerprint density at radius 3 is 2.82 bits per heavy atom. The van der Waals surface area contributed by atoms with Crippen molar-refractivity contribution in [3.8, 4) is 0 Å². The third-order valence-corrected chi connectivity index (χ3v) is 3.29. The van der Waals surface area contributed by atoms with Gasteiger partial charge in [0, 0.05) is 0 Å². The van der Waals surface area contributed by atoms with Gasteiger partial charge in [-0.2, -0.15) is 0 Å². The van der Waals surface area contributed by atoms with Gasteiger partial charge in [0.05, 0.1) is 12.4 Å². The number of carbonyl (C=O) groups is 2. The number of aliphatic hydroxyl groups excluding tert-OH is 1. The Kier molecular flexibility index (Phi) is 4.90. The minimum absolute atomic E-state index is 0.183. The lowest BCUT2D eigenvalue weighted by Gasteiger charge is -2.14. The van der Waals surface area contributed by atoms with Crippen LogP contribution in [0, 0.1) is 0 Å². The molecule has 0 aliphatic carbocycles. The Morgan fingerprint density at radius 1 is 1.45 bits per heavy atom. The second-order valence-corrected chi connectivity index (χ2v) is 5.14. The third-order valence-electron chi connectivity index (χ3n) is 2.74. The standard InChI is InChI=1S/C11H15N7O3S/c1-4(19)5(12)9(20)18-10(21)15-8-6-7(14-3-13-6)16-11(17-8)22-2/h3-5,19H,12H2,1-2H3,(H3,13,14,15,16,17,18,20,21)/t4-,5?/m1/s1. The van der Waals surface area contributed by atoms with Crippen molar-refractivity contribution in [1.29, 1.82) is 0 Å². The summed E-state index contributed by atoms with van der Waals surface area (Å²) < 4.78 is 0. The number of nitrogens with zero attached hydrogens (tertiary/aromatic N) is 3. The first-order valence-corrected chi connectivity index (χ1v) is 7.45. The van der Waals surface area contributed by atoms with Gasteiger partial charge in [0.1, 0.15) is 11.6 Å². The highest BCUT2D eigenvalue weighted by molar-refractivity contribution is 7.98. The molecule has 2 aromatic rings. The number of urea groups is 1. The highest BCUT2D eigenvalue weighted by Crippen LogP contribution is 2.20. The maximum absolute atomic E-state index is 11.8. The number of H-pyrrole nitrogens is 1. The van der Waals surface area contributed by atoms with E-state index in [1.807, 2.05) is 5.32 Å². The lowest BCUT2D eigenvalue weighted by molar-refractivity contribution is -0.123. The molecule has 2 heterocycles. The average molecular weight is 325 g/mol. The number of aromatic amines is 1. The van der Waals surface area contributed by atoms with Crippen molar-refractivity contribution in [2.24, 2.45) is 5.73 Å². The maximum atomic E-state index is 11.8. The fourth-order valence-corrected chi connectivity index (χ4v) is 1.91. The van der Waals surface area contributed by atoms with Crippen molar-refractivity contribution >= 4 is 40.7 Å². The largest absolute Gasteiger partial charge is 0.391 e. The van der Waals surface area contributed by atoms with Crippen LogP contribution in [0.3, 0.4) is 0 Å². The second kappa shape index (κ2) is 6.68. The summed E-state index contributed by atoms with van der Waals surface area (Å²) in [4.78, 5) is 38.5. The maximum Gasteiger partial charge on any atom is 0.327 e. The van der Waals surface area contributed by atoms with Gasteiger partial charge in [-0.1, -0.05) is 11.8 Å². The van der Waals surface area contributed by atoms with E-state index in [0.29, 0.717) is 16.3 Å². The molecule has 2 rings (SSSR count). The van der Waals surface area contributed by atoms with Gasteiger partial charge in [-0.25, -0.2) is 19.7 Å². The number of aromatic nitrogens is 4.